The number of hydrogen-bond donors (Lipinski definition) is 0. The van der Waals surface area contributed by atoms with E-state index >= 15 is 0 Å². The van der Waals surface area contributed by atoms with E-state index in [4.69, 9.17) is 0 Å². The Morgan fingerprint density at radius 1 is 0.931 bits per heavy atom. The lowest BCUT2D eigenvalue weighted by molar-refractivity contribution is -0.135. The van der Waals surface area contributed by atoms with E-state index in [0.717, 1.165) is 31.6 Å². The molecule has 2 heterocycles. The number of fused-ring (bicyclic) bond motifs is 1. The van der Waals surface area contributed by atoms with Crippen molar-refractivity contribution in [3.63, 3.8) is 0 Å². The van der Waals surface area contributed by atoms with E-state index in [0.29, 0.717) is 25.9 Å². The first-order chi connectivity index (χ1) is 14.2. The van der Waals surface area contributed by atoms with Crippen molar-refractivity contribution >= 4 is 23.2 Å². The summed E-state index contributed by atoms with van der Waals surface area (Å²) in [6, 6.07) is 17.9. The van der Waals surface area contributed by atoms with Crippen LogP contribution in [0.15, 0.2) is 54.6 Å². The minimum absolute atomic E-state index is 0.0677. The SMILES string of the molecule is CCC(C(=O)N1CCN(c2ccccc2)CC1)N1C(=O)CCCc2ccccc21. The molecule has 0 aromatic heterocycles. The van der Waals surface area contributed by atoms with E-state index in [-0.39, 0.29) is 11.8 Å². The topological polar surface area (TPSA) is 43.9 Å². The molecule has 0 aliphatic carbocycles. The first kappa shape index (κ1) is 19.5. The van der Waals surface area contributed by atoms with Crippen molar-refractivity contribution < 1.29 is 9.59 Å². The van der Waals surface area contributed by atoms with Crippen LogP contribution in [0.3, 0.4) is 0 Å². The second-order valence-electron chi connectivity index (χ2n) is 7.82. The molecule has 0 bridgehead atoms. The number of aryl methyl sites for hydroxylation is 1. The van der Waals surface area contributed by atoms with E-state index in [1.54, 1.807) is 4.90 Å². The van der Waals surface area contributed by atoms with Crippen LogP contribution < -0.4 is 9.80 Å². The van der Waals surface area contributed by atoms with E-state index in [1.165, 1.54) is 11.3 Å². The van der Waals surface area contributed by atoms with Crippen LogP contribution in [-0.2, 0) is 16.0 Å². The fraction of sp³-hybridized carbons (Fsp3) is 0.417. The molecule has 1 unspecified atom stereocenters. The molecule has 1 fully saturated rings. The van der Waals surface area contributed by atoms with Gasteiger partial charge in [-0.1, -0.05) is 43.3 Å². The molecule has 29 heavy (non-hydrogen) atoms. The second-order valence-corrected chi connectivity index (χ2v) is 7.82. The van der Waals surface area contributed by atoms with E-state index in [9.17, 15) is 9.59 Å². The summed E-state index contributed by atoms with van der Waals surface area (Å²) < 4.78 is 0. The third kappa shape index (κ3) is 4.00. The Balaban J connectivity index is 1.51. The maximum atomic E-state index is 13.5. The minimum atomic E-state index is -0.426. The van der Waals surface area contributed by atoms with Gasteiger partial charge in [-0.2, -0.15) is 0 Å². The van der Waals surface area contributed by atoms with Gasteiger partial charge in [0.25, 0.3) is 0 Å². The molecular weight excluding hydrogens is 362 g/mol. The summed E-state index contributed by atoms with van der Waals surface area (Å²) in [5, 5.41) is 0. The van der Waals surface area contributed by atoms with Gasteiger partial charge in [-0.05, 0) is 43.0 Å². The summed E-state index contributed by atoms with van der Waals surface area (Å²) in [4.78, 5) is 32.4. The van der Waals surface area contributed by atoms with Crippen LogP contribution in [0, 0.1) is 0 Å². The monoisotopic (exact) mass is 391 g/mol. The maximum Gasteiger partial charge on any atom is 0.245 e. The Hall–Kier alpha value is -2.82. The summed E-state index contributed by atoms with van der Waals surface area (Å²) in [5.74, 6) is 0.142. The zero-order valence-corrected chi connectivity index (χ0v) is 17.1. The van der Waals surface area contributed by atoms with Crippen LogP contribution in [0.5, 0.6) is 0 Å². The minimum Gasteiger partial charge on any atom is -0.368 e. The third-order valence-electron chi connectivity index (χ3n) is 6.05. The lowest BCUT2D eigenvalue weighted by Gasteiger charge is -2.39. The molecule has 5 heteroatoms. The highest BCUT2D eigenvalue weighted by Crippen LogP contribution is 2.30. The molecule has 0 spiro atoms. The summed E-state index contributed by atoms with van der Waals surface area (Å²) in [5.41, 5.74) is 3.28. The van der Waals surface area contributed by atoms with Crippen molar-refractivity contribution in [1.29, 1.82) is 0 Å². The number of rotatable bonds is 4. The highest BCUT2D eigenvalue weighted by molar-refractivity contribution is 6.01. The lowest BCUT2D eigenvalue weighted by atomic mass is 10.1. The van der Waals surface area contributed by atoms with E-state index < -0.39 is 6.04 Å². The molecule has 2 aromatic rings. The van der Waals surface area contributed by atoms with Crippen LogP contribution in [0.2, 0.25) is 0 Å². The smallest absolute Gasteiger partial charge is 0.245 e. The van der Waals surface area contributed by atoms with Crippen molar-refractivity contribution in [2.45, 2.75) is 38.6 Å². The standard InChI is InChI=1S/C24H29N3O2/c1-2-21(27-22-13-7-6-9-19(22)10-8-14-23(27)28)24(29)26-17-15-25(16-18-26)20-11-4-3-5-12-20/h3-7,9,11-13,21H,2,8,10,14-18H2,1H3. The number of anilines is 2. The van der Waals surface area contributed by atoms with Crippen molar-refractivity contribution in [3.8, 4) is 0 Å². The Bertz CT molecular complexity index is 859. The third-order valence-corrected chi connectivity index (χ3v) is 6.05. The van der Waals surface area contributed by atoms with Gasteiger partial charge in [-0.25, -0.2) is 0 Å². The molecule has 2 amide bonds. The Morgan fingerprint density at radius 3 is 2.34 bits per heavy atom. The average molecular weight is 392 g/mol. The van der Waals surface area contributed by atoms with Gasteiger partial charge in [0.1, 0.15) is 6.04 Å². The maximum absolute atomic E-state index is 13.5. The first-order valence-corrected chi connectivity index (χ1v) is 10.7. The summed E-state index contributed by atoms with van der Waals surface area (Å²) in [7, 11) is 0. The summed E-state index contributed by atoms with van der Waals surface area (Å²) >= 11 is 0. The van der Waals surface area contributed by atoms with E-state index in [2.05, 4.69) is 23.1 Å². The normalized spacial score (nSPS) is 18.2. The highest BCUT2D eigenvalue weighted by Gasteiger charge is 2.35. The van der Waals surface area contributed by atoms with Gasteiger partial charge in [-0.15, -0.1) is 0 Å². The molecule has 2 aromatic carbocycles. The van der Waals surface area contributed by atoms with Crippen LogP contribution >= 0.6 is 0 Å². The largest absolute Gasteiger partial charge is 0.368 e. The molecule has 5 nitrogen and oxygen atoms in total. The fourth-order valence-corrected chi connectivity index (χ4v) is 4.49. The van der Waals surface area contributed by atoms with Crippen LogP contribution in [-0.4, -0.2) is 48.9 Å². The zero-order valence-electron chi connectivity index (χ0n) is 17.1. The Morgan fingerprint density at radius 2 is 1.62 bits per heavy atom. The molecule has 0 saturated carbocycles. The quantitative estimate of drug-likeness (QED) is 0.801. The van der Waals surface area contributed by atoms with Gasteiger partial charge < -0.3 is 9.80 Å². The molecule has 2 aliphatic heterocycles. The van der Waals surface area contributed by atoms with E-state index in [1.807, 2.05) is 48.2 Å². The second kappa shape index (κ2) is 8.68. The molecule has 2 aliphatic rings. The predicted molar refractivity (Wildman–Crippen MR) is 116 cm³/mol. The molecule has 1 saturated heterocycles. The van der Waals surface area contributed by atoms with Crippen molar-refractivity contribution in [2.75, 3.05) is 36.0 Å². The van der Waals surface area contributed by atoms with Gasteiger partial charge in [0.15, 0.2) is 0 Å². The summed E-state index contributed by atoms with van der Waals surface area (Å²) in [6.07, 6.45) is 2.85. The molecule has 0 radical (unpaired) electrons. The number of carbonyl (C=O) groups is 2. The molecular formula is C24H29N3O2. The zero-order chi connectivity index (χ0) is 20.2. The Labute approximate surface area is 172 Å². The van der Waals surface area contributed by atoms with Crippen molar-refractivity contribution in [1.82, 2.24) is 4.90 Å². The number of benzene rings is 2. The lowest BCUT2D eigenvalue weighted by Crippen LogP contribution is -2.56. The number of piperazine rings is 1. The molecule has 4 rings (SSSR count). The average Bonchev–Trinajstić information content (AvgIpc) is 2.94. The molecule has 1 atom stereocenters. The number of para-hydroxylation sites is 2. The van der Waals surface area contributed by atoms with Gasteiger partial charge in [0.05, 0.1) is 0 Å². The predicted octanol–water partition coefficient (Wildman–Crippen LogP) is 3.48. The highest BCUT2D eigenvalue weighted by atomic mass is 16.2. The van der Waals surface area contributed by atoms with Gasteiger partial charge in [-0.3, -0.25) is 14.5 Å². The van der Waals surface area contributed by atoms with Crippen molar-refractivity contribution in [3.05, 3.63) is 60.2 Å². The first-order valence-electron chi connectivity index (χ1n) is 10.7. The summed E-state index contributed by atoms with van der Waals surface area (Å²) in [6.45, 7) is 5.01. The van der Waals surface area contributed by atoms with Crippen LogP contribution in [0.1, 0.15) is 31.7 Å². The number of amides is 2. The van der Waals surface area contributed by atoms with Crippen LogP contribution in [0.4, 0.5) is 11.4 Å². The number of carbonyl (C=O) groups excluding carboxylic acids is 2. The van der Waals surface area contributed by atoms with Gasteiger partial charge in [0, 0.05) is 44.0 Å². The van der Waals surface area contributed by atoms with Gasteiger partial charge >= 0.3 is 0 Å². The fourth-order valence-electron chi connectivity index (χ4n) is 4.49. The number of hydrogen-bond acceptors (Lipinski definition) is 3. The molecule has 152 valence electrons. The number of nitrogens with zero attached hydrogens (tertiary/aromatic N) is 3. The molecule has 0 N–H and O–H groups in total. The van der Waals surface area contributed by atoms with Gasteiger partial charge in [0.2, 0.25) is 11.8 Å². The van der Waals surface area contributed by atoms with Crippen LogP contribution in [0.25, 0.3) is 0 Å². The Kier molecular flexibility index (Phi) is 5.84. The van der Waals surface area contributed by atoms with Crippen molar-refractivity contribution in [2.24, 2.45) is 0 Å².